The highest BCUT2D eigenvalue weighted by Crippen LogP contribution is 2.28. The second-order valence-corrected chi connectivity index (χ2v) is 4.89. The van der Waals surface area contributed by atoms with Gasteiger partial charge < -0.3 is 10.0 Å². The molecule has 0 spiro atoms. The summed E-state index contributed by atoms with van der Waals surface area (Å²) in [6.45, 7) is 4.44. The third kappa shape index (κ3) is 2.56. The molecule has 3 nitrogen and oxygen atoms in total. The number of hydrogen-bond donors (Lipinski definition) is 1. The lowest BCUT2D eigenvalue weighted by atomic mass is 10.1. The van der Waals surface area contributed by atoms with E-state index in [4.69, 9.17) is 0 Å². The smallest absolute Gasteiger partial charge is 0.136 e. The van der Waals surface area contributed by atoms with Crippen molar-refractivity contribution in [1.82, 2.24) is 4.98 Å². The maximum atomic E-state index is 9.41. The van der Waals surface area contributed by atoms with Gasteiger partial charge >= 0.3 is 0 Å². The SMILES string of the molecule is CCC(CC)N(C)c1ncc(CO)c2ccccc12. The Hall–Kier alpha value is -1.61. The summed E-state index contributed by atoms with van der Waals surface area (Å²) in [5.74, 6) is 1.00. The number of aliphatic hydroxyl groups is 1. The molecule has 1 N–H and O–H groups in total. The summed E-state index contributed by atoms with van der Waals surface area (Å²) in [5, 5.41) is 11.6. The van der Waals surface area contributed by atoms with Gasteiger partial charge in [0.05, 0.1) is 6.61 Å². The van der Waals surface area contributed by atoms with Crippen LogP contribution in [0.5, 0.6) is 0 Å². The summed E-state index contributed by atoms with van der Waals surface area (Å²) >= 11 is 0. The van der Waals surface area contributed by atoms with Gasteiger partial charge in [0.1, 0.15) is 5.82 Å². The molecule has 2 rings (SSSR count). The summed E-state index contributed by atoms with van der Waals surface area (Å²) in [7, 11) is 2.10. The molecular weight excluding hydrogens is 236 g/mol. The lowest BCUT2D eigenvalue weighted by molar-refractivity contribution is 0.283. The van der Waals surface area contributed by atoms with Crippen molar-refractivity contribution in [2.24, 2.45) is 0 Å². The molecule has 0 saturated heterocycles. The van der Waals surface area contributed by atoms with Gasteiger partial charge in [0, 0.05) is 30.2 Å². The van der Waals surface area contributed by atoms with E-state index in [1.54, 1.807) is 6.20 Å². The van der Waals surface area contributed by atoms with E-state index >= 15 is 0 Å². The summed E-state index contributed by atoms with van der Waals surface area (Å²) < 4.78 is 0. The van der Waals surface area contributed by atoms with E-state index in [1.165, 1.54) is 0 Å². The molecule has 0 bridgehead atoms. The first-order chi connectivity index (χ1) is 9.22. The number of anilines is 1. The molecule has 1 heterocycles. The molecule has 0 saturated carbocycles. The van der Waals surface area contributed by atoms with Crippen molar-refractivity contribution < 1.29 is 5.11 Å². The number of rotatable bonds is 5. The van der Waals surface area contributed by atoms with Gasteiger partial charge in [-0.15, -0.1) is 0 Å². The third-order valence-electron chi connectivity index (χ3n) is 3.85. The predicted octanol–water partition coefficient (Wildman–Crippen LogP) is 3.35. The minimum atomic E-state index is 0.0302. The second-order valence-electron chi connectivity index (χ2n) is 4.89. The van der Waals surface area contributed by atoms with Gasteiger partial charge in [-0.25, -0.2) is 4.98 Å². The average Bonchev–Trinajstić information content (AvgIpc) is 2.47. The highest BCUT2D eigenvalue weighted by atomic mass is 16.3. The van der Waals surface area contributed by atoms with E-state index in [9.17, 15) is 5.11 Å². The fourth-order valence-electron chi connectivity index (χ4n) is 2.65. The van der Waals surface area contributed by atoms with Gasteiger partial charge in [-0.3, -0.25) is 0 Å². The van der Waals surface area contributed by atoms with Crippen LogP contribution in [0.2, 0.25) is 0 Å². The molecule has 2 aromatic rings. The van der Waals surface area contributed by atoms with Crippen LogP contribution in [-0.4, -0.2) is 23.2 Å². The van der Waals surface area contributed by atoms with Gasteiger partial charge in [0.15, 0.2) is 0 Å². The van der Waals surface area contributed by atoms with Gasteiger partial charge in [-0.05, 0) is 18.2 Å². The molecule has 1 aromatic carbocycles. The Labute approximate surface area is 114 Å². The topological polar surface area (TPSA) is 36.4 Å². The number of fused-ring (bicyclic) bond motifs is 1. The quantitative estimate of drug-likeness (QED) is 0.893. The maximum absolute atomic E-state index is 9.41. The molecule has 19 heavy (non-hydrogen) atoms. The van der Waals surface area contributed by atoms with Crippen molar-refractivity contribution >= 4 is 16.6 Å². The van der Waals surface area contributed by atoms with Gasteiger partial charge in [0.25, 0.3) is 0 Å². The van der Waals surface area contributed by atoms with Crippen LogP contribution in [0.25, 0.3) is 10.8 Å². The molecule has 0 aliphatic carbocycles. The van der Waals surface area contributed by atoms with Crippen molar-refractivity contribution in [3.8, 4) is 0 Å². The van der Waals surface area contributed by atoms with Crippen LogP contribution in [0.15, 0.2) is 30.5 Å². The Balaban J connectivity index is 2.55. The molecule has 0 fully saturated rings. The summed E-state index contributed by atoms with van der Waals surface area (Å²) in [6.07, 6.45) is 3.99. The van der Waals surface area contributed by atoms with Crippen LogP contribution >= 0.6 is 0 Å². The molecule has 3 heteroatoms. The molecule has 0 aliphatic rings. The Morgan fingerprint density at radius 2 is 1.79 bits per heavy atom. The lowest BCUT2D eigenvalue weighted by Gasteiger charge is -2.28. The largest absolute Gasteiger partial charge is 0.392 e. The van der Waals surface area contributed by atoms with E-state index in [-0.39, 0.29) is 6.61 Å². The highest BCUT2D eigenvalue weighted by molar-refractivity contribution is 5.94. The minimum absolute atomic E-state index is 0.0302. The highest BCUT2D eigenvalue weighted by Gasteiger charge is 2.16. The van der Waals surface area contributed by atoms with Crippen molar-refractivity contribution in [1.29, 1.82) is 0 Å². The zero-order valence-electron chi connectivity index (χ0n) is 11.9. The number of aliphatic hydroxyl groups excluding tert-OH is 1. The normalized spacial score (nSPS) is 11.2. The van der Waals surface area contributed by atoms with Crippen LogP contribution in [0.1, 0.15) is 32.3 Å². The minimum Gasteiger partial charge on any atom is -0.392 e. The lowest BCUT2D eigenvalue weighted by Crippen LogP contribution is -2.31. The Morgan fingerprint density at radius 1 is 1.16 bits per heavy atom. The molecule has 0 radical (unpaired) electrons. The van der Waals surface area contributed by atoms with E-state index in [1.807, 2.05) is 18.2 Å². The molecule has 0 aliphatic heterocycles. The van der Waals surface area contributed by atoms with E-state index in [0.29, 0.717) is 6.04 Å². The maximum Gasteiger partial charge on any atom is 0.136 e. The first kappa shape index (κ1) is 13.8. The fraction of sp³-hybridized carbons (Fsp3) is 0.438. The summed E-state index contributed by atoms with van der Waals surface area (Å²) in [4.78, 5) is 6.81. The zero-order valence-corrected chi connectivity index (χ0v) is 11.9. The van der Waals surface area contributed by atoms with Crippen molar-refractivity contribution in [2.45, 2.75) is 39.3 Å². The first-order valence-electron chi connectivity index (χ1n) is 6.93. The number of hydrogen-bond acceptors (Lipinski definition) is 3. The van der Waals surface area contributed by atoms with Crippen LogP contribution in [0.3, 0.4) is 0 Å². The fourth-order valence-corrected chi connectivity index (χ4v) is 2.65. The molecular formula is C16H22N2O. The molecule has 1 aromatic heterocycles. The zero-order chi connectivity index (χ0) is 13.8. The van der Waals surface area contributed by atoms with Crippen LogP contribution in [-0.2, 0) is 6.61 Å². The number of pyridine rings is 1. The second kappa shape index (κ2) is 6.02. The molecule has 102 valence electrons. The number of nitrogens with zero attached hydrogens (tertiary/aromatic N) is 2. The van der Waals surface area contributed by atoms with Crippen LogP contribution in [0, 0.1) is 0 Å². The molecule has 0 amide bonds. The monoisotopic (exact) mass is 258 g/mol. The molecule has 0 atom stereocenters. The summed E-state index contributed by atoms with van der Waals surface area (Å²) in [6, 6.07) is 8.65. The van der Waals surface area contributed by atoms with Crippen molar-refractivity contribution in [3.05, 3.63) is 36.0 Å². The molecule has 0 unspecified atom stereocenters. The van der Waals surface area contributed by atoms with E-state index in [2.05, 4.69) is 36.8 Å². The van der Waals surface area contributed by atoms with Gasteiger partial charge in [-0.2, -0.15) is 0 Å². The van der Waals surface area contributed by atoms with Gasteiger partial charge in [-0.1, -0.05) is 38.1 Å². The number of benzene rings is 1. The predicted molar refractivity (Wildman–Crippen MR) is 80.4 cm³/mol. The van der Waals surface area contributed by atoms with Crippen LogP contribution in [0.4, 0.5) is 5.82 Å². The standard InChI is InChI=1S/C16H22N2O/c1-4-13(5-2)18(3)16-15-9-7-6-8-14(15)12(11-19)10-17-16/h6-10,13,19H,4-5,11H2,1-3H3. The van der Waals surface area contributed by atoms with E-state index in [0.717, 1.165) is 35.0 Å². The summed E-state index contributed by atoms with van der Waals surface area (Å²) in [5.41, 5.74) is 0.886. The van der Waals surface area contributed by atoms with E-state index < -0.39 is 0 Å². The number of aromatic nitrogens is 1. The Bertz CT molecular complexity index is 549. The Kier molecular flexibility index (Phi) is 4.38. The van der Waals surface area contributed by atoms with Crippen molar-refractivity contribution in [2.75, 3.05) is 11.9 Å². The van der Waals surface area contributed by atoms with Gasteiger partial charge in [0.2, 0.25) is 0 Å². The van der Waals surface area contributed by atoms with Crippen molar-refractivity contribution in [3.63, 3.8) is 0 Å². The third-order valence-corrected chi connectivity index (χ3v) is 3.85. The average molecular weight is 258 g/mol. The Morgan fingerprint density at radius 3 is 2.37 bits per heavy atom. The first-order valence-corrected chi connectivity index (χ1v) is 6.93. The van der Waals surface area contributed by atoms with Crippen LogP contribution < -0.4 is 4.90 Å².